The molecule has 0 aliphatic carbocycles. The molecule has 0 saturated carbocycles. The van der Waals surface area contributed by atoms with E-state index in [9.17, 15) is 0 Å². The molecular weight excluding hydrogens is 306 g/mol. The molecule has 1 aliphatic heterocycles. The van der Waals surface area contributed by atoms with E-state index in [1.165, 1.54) is 21.0 Å². The second-order valence-corrected chi connectivity index (χ2v) is 6.64. The number of hydrogen-bond donors (Lipinski definition) is 2. The average molecular weight is 329 g/mol. The zero-order chi connectivity index (χ0) is 16.1. The number of nitrogens with one attached hydrogen (secondary N) is 1. The van der Waals surface area contributed by atoms with Crippen molar-refractivity contribution in [1.82, 2.24) is 5.32 Å². The van der Waals surface area contributed by atoms with Gasteiger partial charge in [-0.05, 0) is 42.0 Å². The van der Waals surface area contributed by atoms with Crippen LogP contribution in [0.4, 0.5) is 5.69 Å². The van der Waals surface area contributed by atoms with E-state index in [4.69, 9.17) is 10.5 Å². The summed E-state index contributed by atoms with van der Waals surface area (Å²) < 4.78 is 5.23. The van der Waals surface area contributed by atoms with Gasteiger partial charge in [0.05, 0.1) is 12.8 Å². The molecule has 0 aromatic heterocycles. The Kier molecular flexibility index (Phi) is 5.43. The summed E-state index contributed by atoms with van der Waals surface area (Å²) in [6, 6.07) is 14.8. The molecule has 0 radical (unpaired) electrons. The summed E-state index contributed by atoms with van der Waals surface area (Å²) in [4.78, 5) is 4.92. The monoisotopic (exact) mass is 329 g/mol. The quantitative estimate of drug-likeness (QED) is 0.883. The molecule has 0 atom stereocenters. The summed E-state index contributed by atoms with van der Waals surface area (Å²) in [7, 11) is 1.69. The molecule has 3 rings (SSSR count). The number of benzene rings is 2. The fourth-order valence-electron chi connectivity index (χ4n) is 2.70. The van der Waals surface area contributed by atoms with Gasteiger partial charge < -0.3 is 20.7 Å². The van der Waals surface area contributed by atoms with Crippen molar-refractivity contribution in [3.05, 3.63) is 48.0 Å². The Morgan fingerprint density at radius 1 is 1.13 bits per heavy atom. The highest BCUT2D eigenvalue weighted by Gasteiger charge is 2.15. The molecule has 1 aliphatic rings. The smallest absolute Gasteiger partial charge is 0.118 e. The normalized spacial score (nSPS) is 14.8. The van der Waals surface area contributed by atoms with Crippen molar-refractivity contribution in [3.63, 3.8) is 0 Å². The zero-order valence-corrected chi connectivity index (χ0v) is 14.2. The van der Waals surface area contributed by atoms with Crippen molar-refractivity contribution in [2.45, 2.75) is 16.3 Å². The van der Waals surface area contributed by atoms with E-state index in [2.05, 4.69) is 40.5 Å². The van der Waals surface area contributed by atoms with Gasteiger partial charge in [-0.2, -0.15) is 0 Å². The van der Waals surface area contributed by atoms with E-state index in [0.29, 0.717) is 6.54 Å². The number of rotatable bonds is 5. The molecule has 23 heavy (non-hydrogen) atoms. The summed E-state index contributed by atoms with van der Waals surface area (Å²) in [5.74, 6) is 0.882. The number of methoxy groups -OCH3 is 1. The largest absolute Gasteiger partial charge is 0.497 e. The van der Waals surface area contributed by atoms with Crippen molar-refractivity contribution in [1.29, 1.82) is 0 Å². The van der Waals surface area contributed by atoms with Crippen LogP contribution < -0.4 is 20.7 Å². The lowest BCUT2D eigenvalue weighted by Crippen LogP contribution is -2.43. The maximum atomic E-state index is 5.83. The first-order chi connectivity index (χ1) is 11.3. The molecule has 3 N–H and O–H groups in total. The standard InChI is InChI=1S/C18H23N3OS/c1-22-15-3-5-16(6-4-15)23-18-12-14(13-19)2-7-17(18)21-10-8-20-9-11-21/h2-7,12,20H,8-11,13,19H2,1H3. The summed E-state index contributed by atoms with van der Waals surface area (Å²) in [6.07, 6.45) is 0. The topological polar surface area (TPSA) is 50.5 Å². The first kappa shape index (κ1) is 16.2. The number of hydrogen-bond acceptors (Lipinski definition) is 5. The Labute approximate surface area is 142 Å². The van der Waals surface area contributed by atoms with Crippen molar-refractivity contribution in [2.75, 3.05) is 38.2 Å². The molecule has 0 bridgehead atoms. The van der Waals surface area contributed by atoms with Gasteiger partial charge in [-0.3, -0.25) is 0 Å². The Bertz CT molecular complexity index is 639. The molecule has 1 fully saturated rings. The highest BCUT2D eigenvalue weighted by atomic mass is 32.2. The first-order valence-corrected chi connectivity index (χ1v) is 8.72. The van der Waals surface area contributed by atoms with Gasteiger partial charge in [-0.25, -0.2) is 0 Å². The van der Waals surface area contributed by atoms with E-state index in [1.54, 1.807) is 18.9 Å². The summed E-state index contributed by atoms with van der Waals surface area (Å²) in [6.45, 7) is 4.71. The van der Waals surface area contributed by atoms with Crippen LogP contribution in [-0.2, 0) is 6.54 Å². The van der Waals surface area contributed by atoms with Gasteiger partial charge >= 0.3 is 0 Å². The van der Waals surface area contributed by atoms with Crippen LogP contribution in [0.1, 0.15) is 5.56 Å². The van der Waals surface area contributed by atoms with Gasteiger partial charge in [0.25, 0.3) is 0 Å². The van der Waals surface area contributed by atoms with E-state index in [-0.39, 0.29) is 0 Å². The molecule has 4 nitrogen and oxygen atoms in total. The molecule has 0 unspecified atom stereocenters. The minimum absolute atomic E-state index is 0.567. The molecule has 2 aromatic carbocycles. The van der Waals surface area contributed by atoms with Crippen molar-refractivity contribution in [3.8, 4) is 5.75 Å². The lowest BCUT2D eigenvalue weighted by atomic mass is 10.2. The fraction of sp³-hybridized carbons (Fsp3) is 0.333. The summed E-state index contributed by atoms with van der Waals surface area (Å²) in [5.41, 5.74) is 8.29. The summed E-state index contributed by atoms with van der Waals surface area (Å²) in [5, 5.41) is 3.41. The van der Waals surface area contributed by atoms with E-state index < -0.39 is 0 Å². The molecule has 2 aromatic rings. The van der Waals surface area contributed by atoms with Crippen molar-refractivity contribution < 1.29 is 4.74 Å². The zero-order valence-electron chi connectivity index (χ0n) is 13.4. The second kappa shape index (κ2) is 7.73. The van der Waals surface area contributed by atoms with E-state index >= 15 is 0 Å². The number of anilines is 1. The Morgan fingerprint density at radius 2 is 1.87 bits per heavy atom. The maximum Gasteiger partial charge on any atom is 0.118 e. The van der Waals surface area contributed by atoms with Crippen LogP contribution in [0.25, 0.3) is 0 Å². The van der Waals surface area contributed by atoms with Crippen molar-refractivity contribution in [2.24, 2.45) is 5.73 Å². The average Bonchev–Trinajstić information content (AvgIpc) is 2.63. The van der Waals surface area contributed by atoms with Crippen LogP contribution in [0.2, 0.25) is 0 Å². The Morgan fingerprint density at radius 3 is 2.52 bits per heavy atom. The maximum absolute atomic E-state index is 5.83. The van der Waals surface area contributed by atoms with Gasteiger partial charge in [0.15, 0.2) is 0 Å². The van der Waals surface area contributed by atoms with Crippen LogP contribution >= 0.6 is 11.8 Å². The molecule has 1 heterocycles. The predicted molar refractivity (Wildman–Crippen MR) is 96.5 cm³/mol. The van der Waals surface area contributed by atoms with E-state index in [0.717, 1.165) is 31.9 Å². The molecular formula is C18H23N3OS. The second-order valence-electron chi connectivity index (χ2n) is 5.52. The predicted octanol–water partition coefficient (Wildman–Crippen LogP) is 2.71. The van der Waals surface area contributed by atoms with Crippen LogP contribution in [0, 0.1) is 0 Å². The van der Waals surface area contributed by atoms with Crippen LogP contribution in [0.3, 0.4) is 0 Å². The number of nitrogens with zero attached hydrogens (tertiary/aromatic N) is 1. The van der Waals surface area contributed by atoms with Crippen LogP contribution in [0.15, 0.2) is 52.3 Å². The highest BCUT2D eigenvalue weighted by Crippen LogP contribution is 2.37. The third-order valence-corrected chi connectivity index (χ3v) is 5.06. The molecule has 122 valence electrons. The van der Waals surface area contributed by atoms with Crippen LogP contribution in [-0.4, -0.2) is 33.3 Å². The number of piperazine rings is 1. The third-order valence-electron chi connectivity index (χ3n) is 4.00. The number of ether oxygens (including phenoxy) is 1. The molecule has 5 heteroatoms. The minimum Gasteiger partial charge on any atom is -0.497 e. The SMILES string of the molecule is COc1ccc(Sc2cc(CN)ccc2N2CCNCC2)cc1. The first-order valence-electron chi connectivity index (χ1n) is 7.90. The van der Waals surface area contributed by atoms with Crippen molar-refractivity contribution >= 4 is 17.4 Å². The minimum atomic E-state index is 0.567. The lowest BCUT2D eigenvalue weighted by Gasteiger charge is -2.31. The van der Waals surface area contributed by atoms with Gasteiger partial charge in [0, 0.05) is 42.5 Å². The molecule has 0 amide bonds. The Hall–Kier alpha value is -1.69. The third kappa shape index (κ3) is 3.99. The molecule has 1 saturated heterocycles. The van der Waals surface area contributed by atoms with Crippen LogP contribution in [0.5, 0.6) is 5.75 Å². The van der Waals surface area contributed by atoms with Gasteiger partial charge in [-0.1, -0.05) is 17.8 Å². The summed E-state index contributed by atoms with van der Waals surface area (Å²) >= 11 is 1.78. The number of nitrogens with two attached hydrogens (primary N) is 1. The van der Waals surface area contributed by atoms with Gasteiger partial charge in [-0.15, -0.1) is 0 Å². The lowest BCUT2D eigenvalue weighted by molar-refractivity contribution is 0.414. The molecule has 0 spiro atoms. The van der Waals surface area contributed by atoms with E-state index in [1.807, 2.05) is 12.1 Å². The highest BCUT2D eigenvalue weighted by molar-refractivity contribution is 7.99. The van der Waals surface area contributed by atoms with Gasteiger partial charge in [0.1, 0.15) is 5.75 Å². The fourth-order valence-corrected chi connectivity index (χ4v) is 3.74. The van der Waals surface area contributed by atoms with Gasteiger partial charge in [0.2, 0.25) is 0 Å². The Balaban J connectivity index is 1.87.